The van der Waals surface area contributed by atoms with Gasteiger partial charge in [0.2, 0.25) is 0 Å². The van der Waals surface area contributed by atoms with E-state index >= 15 is 0 Å². The Balaban J connectivity index is 1.29. The standard InChI is InChI=1S/C31H36ClN5O2/c32-24-11-13-26(14-12-24)34-31(39)35-27-15-16-29(28(21-27)30(38)33-25-9-5-2-6-10-25)37-19-17-36(18-20-37)22-23-7-3-1-4-8-23/h1,3-4,7-8,11-16,21,25H,2,5-6,9-10,17-20,22H2,(H,33,38)(H2,34,35,39). The topological polar surface area (TPSA) is 76.7 Å². The summed E-state index contributed by atoms with van der Waals surface area (Å²) in [5, 5.41) is 9.56. The first kappa shape index (κ1) is 27.0. The fourth-order valence-corrected chi connectivity index (χ4v) is 5.52. The summed E-state index contributed by atoms with van der Waals surface area (Å²) in [5.74, 6) is -0.0784. The van der Waals surface area contributed by atoms with Gasteiger partial charge in [-0.25, -0.2) is 4.79 Å². The van der Waals surface area contributed by atoms with Crippen molar-refractivity contribution in [2.45, 2.75) is 44.7 Å². The molecular formula is C31H36ClN5O2. The van der Waals surface area contributed by atoms with Crippen LogP contribution in [0.15, 0.2) is 72.8 Å². The molecule has 8 heteroatoms. The van der Waals surface area contributed by atoms with Gasteiger partial charge in [0.1, 0.15) is 0 Å². The van der Waals surface area contributed by atoms with E-state index < -0.39 is 0 Å². The predicted octanol–water partition coefficient (Wildman–Crippen LogP) is 6.37. The van der Waals surface area contributed by atoms with Crippen molar-refractivity contribution in [3.8, 4) is 0 Å². The van der Waals surface area contributed by atoms with Crippen LogP contribution in [0.3, 0.4) is 0 Å². The number of carbonyl (C=O) groups is 2. The van der Waals surface area contributed by atoms with E-state index in [1.54, 1.807) is 30.3 Å². The number of nitrogens with zero attached hydrogens (tertiary/aromatic N) is 2. The molecule has 1 heterocycles. The van der Waals surface area contributed by atoms with E-state index in [9.17, 15) is 9.59 Å². The Morgan fingerprint density at radius 2 is 1.46 bits per heavy atom. The highest BCUT2D eigenvalue weighted by molar-refractivity contribution is 6.30. The van der Waals surface area contributed by atoms with E-state index in [0.717, 1.165) is 64.1 Å². The number of benzene rings is 3. The lowest BCUT2D eigenvalue weighted by Gasteiger charge is -2.37. The third-order valence-electron chi connectivity index (χ3n) is 7.50. The largest absolute Gasteiger partial charge is 0.368 e. The first-order valence-corrected chi connectivity index (χ1v) is 14.2. The van der Waals surface area contributed by atoms with Crippen molar-refractivity contribution in [3.63, 3.8) is 0 Å². The third-order valence-corrected chi connectivity index (χ3v) is 7.76. The molecule has 39 heavy (non-hydrogen) atoms. The SMILES string of the molecule is O=C(Nc1ccc(Cl)cc1)Nc1ccc(N2CCN(Cc3ccccc3)CC2)c(C(=O)NC2CCCCC2)c1. The Morgan fingerprint density at radius 3 is 2.18 bits per heavy atom. The predicted molar refractivity (Wildman–Crippen MR) is 159 cm³/mol. The van der Waals surface area contributed by atoms with Crippen LogP contribution in [-0.4, -0.2) is 49.1 Å². The van der Waals surface area contributed by atoms with Crippen molar-refractivity contribution in [2.24, 2.45) is 0 Å². The van der Waals surface area contributed by atoms with E-state index in [1.165, 1.54) is 12.0 Å². The molecule has 3 aromatic rings. The van der Waals surface area contributed by atoms with E-state index in [-0.39, 0.29) is 18.0 Å². The van der Waals surface area contributed by atoms with Gasteiger partial charge in [0.15, 0.2) is 0 Å². The minimum atomic E-state index is -0.377. The molecule has 1 saturated heterocycles. The van der Waals surface area contributed by atoms with Crippen LogP contribution in [-0.2, 0) is 6.54 Å². The second kappa shape index (κ2) is 13.0. The first-order valence-electron chi connectivity index (χ1n) is 13.8. The average molecular weight is 546 g/mol. The summed E-state index contributed by atoms with van der Waals surface area (Å²) in [6.45, 7) is 4.43. The molecule has 1 saturated carbocycles. The van der Waals surface area contributed by atoms with Gasteiger partial charge in [-0.05, 0) is 60.9 Å². The highest BCUT2D eigenvalue weighted by Crippen LogP contribution is 2.27. The van der Waals surface area contributed by atoms with E-state index in [4.69, 9.17) is 11.6 Å². The average Bonchev–Trinajstić information content (AvgIpc) is 2.96. The second-order valence-electron chi connectivity index (χ2n) is 10.4. The van der Waals surface area contributed by atoms with Crippen molar-refractivity contribution in [2.75, 3.05) is 41.7 Å². The maximum atomic E-state index is 13.6. The van der Waals surface area contributed by atoms with Crippen LogP contribution < -0.4 is 20.9 Å². The maximum Gasteiger partial charge on any atom is 0.323 e. The molecule has 7 nitrogen and oxygen atoms in total. The minimum Gasteiger partial charge on any atom is -0.368 e. The highest BCUT2D eigenvalue weighted by atomic mass is 35.5. The lowest BCUT2D eigenvalue weighted by molar-refractivity contribution is 0.0928. The van der Waals surface area contributed by atoms with Crippen LogP contribution in [0.5, 0.6) is 0 Å². The van der Waals surface area contributed by atoms with Gasteiger partial charge in [-0.3, -0.25) is 9.69 Å². The Labute approximate surface area is 235 Å². The van der Waals surface area contributed by atoms with Crippen LogP contribution in [0.4, 0.5) is 21.9 Å². The summed E-state index contributed by atoms with van der Waals surface area (Å²) in [6, 6.07) is 22.9. The van der Waals surface area contributed by atoms with Gasteiger partial charge in [0, 0.05) is 60.9 Å². The molecule has 0 atom stereocenters. The molecular weight excluding hydrogens is 510 g/mol. The van der Waals surface area contributed by atoms with Crippen LogP contribution in [0, 0.1) is 0 Å². The van der Waals surface area contributed by atoms with E-state index in [0.29, 0.717) is 22.0 Å². The van der Waals surface area contributed by atoms with Gasteiger partial charge in [0.05, 0.1) is 5.56 Å². The van der Waals surface area contributed by atoms with Crippen molar-refractivity contribution in [1.29, 1.82) is 0 Å². The van der Waals surface area contributed by atoms with Gasteiger partial charge in [-0.15, -0.1) is 0 Å². The zero-order valence-electron chi connectivity index (χ0n) is 22.2. The molecule has 2 aliphatic rings. The van der Waals surface area contributed by atoms with E-state index in [2.05, 4.69) is 50.0 Å². The van der Waals surface area contributed by atoms with Crippen LogP contribution in [0.1, 0.15) is 48.0 Å². The van der Waals surface area contributed by atoms with Crippen LogP contribution in [0.2, 0.25) is 5.02 Å². The normalized spacial score (nSPS) is 16.5. The summed E-state index contributed by atoms with van der Waals surface area (Å²) in [7, 11) is 0. The Kier molecular flexibility index (Phi) is 9.01. The van der Waals surface area contributed by atoms with Crippen molar-refractivity contribution >= 4 is 40.6 Å². The van der Waals surface area contributed by atoms with Gasteiger partial charge in [0.25, 0.3) is 5.91 Å². The maximum absolute atomic E-state index is 13.6. The summed E-state index contributed by atoms with van der Waals surface area (Å²) in [6.07, 6.45) is 5.55. The minimum absolute atomic E-state index is 0.0784. The number of nitrogens with one attached hydrogen (secondary N) is 3. The zero-order valence-corrected chi connectivity index (χ0v) is 22.9. The van der Waals surface area contributed by atoms with Gasteiger partial charge >= 0.3 is 6.03 Å². The van der Waals surface area contributed by atoms with Crippen molar-refractivity contribution in [1.82, 2.24) is 10.2 Å². The van der Waals surface area contributed by atoms with Gasteiger partial charge in [-0.1, -0.05) is 61.2 Å². The number of piperazine rings is 1. The Bertz CT molecular complexity index is 1250. The highest BCUT2D eigenvalue weighted by Gasteiger charge is 2.24. The smallest absolute Gasteiger partial charge is 0.323 e. The molecule has 2 fully saturated rings. The molecule has 0 bridgehead atoms. The lowest BCUT2D eigenvalue weighted by atomic mass is 9.95. The number of rotatable bonds is 7. The second-order valence-corrected chi connectivity index (χ2v) is 10.8. The molecule has 5 rings (SSSR count). The molecule has 0 radical (unpaired) electrons. The lowest BCUT2D eigenvalue weighted by Crippen LogP contribution is -2.46. The molecule has 3 aromatic carbocycles. The fraction of sp³-hybridized carbons (Fsp3) is 0.355. The monoisotopic (exact) mass is 545 g/mol. The summed E-state index contributed by atoms with van der Waals surface area (Å²) in [5.41, 5.74) is 4.03. The molecule has 0 unspecified atom stereocenters. The Hall–Kier alpha value is -3.55. The molecule has 204 valence electrons. The van der Waals surface area contributed by atoms with Gasteiger partial charge in [-0.2, -0.15) is 0 Å². The molecule has 0 spiro atoms. The molecule has 0 aromatic heterocycles. The summed E-state index contributed by atoms with van der Waals surface area (Å²) >= 11 is 5.95. The molecule has 3 amide bonds. The van der Waals surface area contributed by atoms with Crippen molar-refractivity contribution in [3.05, 3.63) is 88.9 Å². The molecule has 3 N–H and O–H groups in total. The summed E-state index contributed by atoms with van der Waals surface area (Å²) < 4.78 is 0. The fourth-order valence-electron chi connectivity index (χ4n) is 5.40. The van der Waals surface area contributed by atoms with Gasteiger partial charge < -0.3 is 20.9 Å². The first-order chi connectivity index (χ1) is 19.0. The number of amides is 3. The molecule has 1 aliphatic carbocycles. The number of halogens is 1. The zero-order chi connectivity index (χ0) is 27.0. The number of anilines is 3. The third kappa shape index (κ3) is 7.52. The number of carbonyl (C=O) groups excluding carboxylic acids is 2. The van der Waals surface area contributed by atoms with E-state index in [1.807, 2.05) is 18.2 Å². The van der Waals surface area contributed by atoms with Crippen LogP contribution >= 0.6 is 11.6 Å². The Morgan fingerprint density at radius 1 is 0.795 bits per heavy atom. The summed E-state index contributed by atoms with van der Waals surface area (Å²) in [4.78, 5) is 31.0. The number of urea groups is 1. The quantitative estimate of drug-likeness (QED) is 0.322. The van der Waals surface area contributed by atoms with Crippen molar-refractivity contribution < 1.29 is 9.59 Å². The number of hydrogen-bond acceptors (Lipinski definition) is 4. The van der Waals surface area contributed by atoms with Crippen LogP contribution in [0.25, 0.3) is 0 Å². The molecule has 1 aliphatic heterocycles. The number of hydrogen-bond donors (Lipinski definition) is 3.